The van der Waals surface area contributed by atoms with Crippen molar-refractivity contribution in [2.45, 2.75) is 32.2 Å². The highest BCUT2D eigenvalue weighted by Gasteiger charge is 2.62. The van der Waals surface area contributed by atoms with Crippen molar-refractivity contribution in [1.82, 2.24) is 4.90 Å². The fourth-order valence-corrected chi connectivity index (χ4v) is 4.90. The van der Waals surface area contributed by atoms with Gasteiger partial charge in [0.15, 0.2) is 12.4 Å². The van der Waals surface area contributed by atoms with Crippen LogP contribution in [0.25, 0.3) is 0 Å². The van der Waals surface area contributed by atoms with Crippen LogP contribution in [0.1, 0.15) is 36.5 Å². The topological polar surface area (TPSA) is 80.8 Å². The van der Waals surface area contributed by atoms with Gasteiger partial charge in [-0.05, 0) is 62.3 Å². The maximum Gasteiger partial charge on any atom is 0.329 e. The molecule has 1 heterocycles. The lowest BCUT2D eigenvalue weighted by molar-refractivity contribution is -0.157. The average Bonchev–Trinajstić information content (AvgIpc) is 3.33. The summed E-state index contributed by atoms with van der Waals surface area (Å²) in [5, 5.41) is 0. The Balaban J connectivity index is 1.39. The van der Waals surface area contributed by atoms with Crippen molar-refractivity contribution in [2.75, 3.05) is 6.61 Å². The first kappa shape index (κ1) is 17.8. The van der Waals surface area contributed by atoms with Gasteiger partial charge in [-0.25, -0.2) is 9.18 Å². The molecule has 1 aliphatic heterocycles. The van der Waals surface area contributed by atoms with Crippen LogP contribution in [0.4, 0.5) is 4.39 Å². The molecule has 0 aromatic heterocycles. The van der Waals surface area contributed by atoms with Gasteiger partial charge in [0.1, 0.15) is 11.9 Å². The molecule has 3 aliphatic rings. The Morgan fingerprint density at radius 1 is 1.11 bits per heavy atom. The standard InChI is InChI=1S/C20H20FNO5/c1-10(20(26)27-9-15(23)11-4-6-14(21)7-5-11)22-18(24)16-12-2-3-13(8-12)17(16)19(22)25/h4-7,10,12-13,16-17H,2-3,8-9H2,1H3/t10-,12+,13+,16-,17+/m0/s1. The van der Waals surface area contributed by atoms with E-state index in [1.165, 1.54) is 19.1 Å². The van der Waals surface area contributed by atoms with Gasteiger partial charge < -0.3 is 4.74 Å². The number of hydrogen-bond donors (Lipinski definition) is 0. The van der Waals surface area contributed by atoms with Crippen molar-refractivity contribution < 1.29 is 28.3 Å². The Bertz CT molecular complexity index is 792. The smallest absolute Gasteiger partial charge is 0.329 e. The molecule has 3 fully saturated rings. The molecular weight excluding hydrogens is 353 g/mol. The summed E-state index contributed by atoms with van der Waals surface area (Å²) in [5.41, 5.74) is 0.219. The fourth-order valence-electron chi connectivity index (χ4n) is 4.90. The number of imide groups is 1. The van der Waals surface area contributed by atoms with E-state index in [0.717, 1.165) is 36.3 Å². The van der Waals surface area contributed by atoms with Gasteiger partial charge in [0, 0.05) is 5.56 Å². The number of Topliss-reactive ketones (excluding diaryl/α,β-unsaturated/α-hetero) is 1. The monoisotopic (exact) mass is 373 g/mol. The van der Waals surface area contributed by atoms with Crippen LogP contribution in [0.15, 0.2) is 24.3 Å². The SMILES string of the molecule is C[C@@H](C(=O)OCC(=O)c1ccc(F)cc1)N1C(=O)[C@@H]2[C@@H]3CC[C@H](C3)[C@@H]2C1=O. The van der Waals surface area contributed by atoms with Crippen LogP contribution in [0.5, 0.6) is 0 Å². The summed E-state index contributed by atoms with van der Waals surface area (Å²) in [6.07, 6.45) is 2.85. The van der Waals surface area contributed by atoms with Gasteiger partial charge in [0.25, 0.3) is 0 Å². The van der Waals surface area contributed by atoms with E-state index < -0.39 is 30.2 Å². The number of hydrogen-bond acceptors (Lipinski definition) is 5. The molecule has 2 saturated carbocycles. The van der Waals surface area contributed by atoms with E-state index in [9.17, 15) is 23.6 Å². The molecule has 1 aromatic rings. The number of carbonyl (C=O) groups excluding carboxylic acids is 4. The summed E-state index contributed by atoms with van der Waals surface area (Å²) in [4.78, 5) is 50.8. The highest BCUT2D eigenvalue weighted by Crippen LogP contribution is 2.56. The third kappa shape index (κ3) is 2.85. The maximum atomic E-state index is 12.9. The molecule has 7 heteroatoms. The number of esters is 1. The molecule has 0 spiro atoms. The number of halogens is 1. The molecule has 2 bridgehead atoms. The highest BCUT2D eigenvalue weighted by molar-refractivity contribution is 6.08. The molecule has 4 rings (SSSR count). The van der Waals surface area contributed by atoms with Crippen LogP contribution >= 0.6 is 0 Å². The van der Waals surface area contributed by atoms with E-state index in [-0.39, 0.29) is 41.0 Å². The zero-order chi connectivity index (χ0) is 19.3. The van der Waals surface area contributed by atoms with Crippen LogP contribution in [-0.4, -0.2) is 41.1 Å². The van der Waals surface area contributed by atoms with Crippen molar-refractivity contribution in [2.24, 2.45) is 23.7 Å². The van der Waals surface area contributed by atoms with Crippen molar-refractivity contribution in [3.63, 3.8) is 0 Å². The van der Waals surface area contributed by atoms with E-state index in [1.54, 1.807) is 0 Å². The third-order valence-corrected chi connectivity index (χ3v) is 6.20. The fraction of sp³-hybridized carbons (Fsp3) is 0.500. The Morgan fingerprint density at radius 2 is 1.67 bits per heavy atom. The van der Waals surface area contributed by atoms with Crippen LogP contribution in [-0.2, 0) is 19.1 Å². The second kappa shape index (κ2) is 6.55. The van der Waals surface area contributed by atoms with Gasteiger partial charge in [0.2, 0.25) is 11.8 Å². The number of rotatable bonds is 5. The van der Waals surface area contributed by atoms with Gasteiger partial charge in [0.05, 0.1) is 11.8 Å². The molecule has 1 aromatic carbocycles. The van der Waals surface area contributed by atoms with Crippen LogP contribution in [0.3, 0.4) is 0 Å². The first-order valence-electron chi connectivity index (χ1n) is 9.20. The van der Waals surface area contributed by atoms with E-state index >= 15 is 0 Å². The highest BCUT2D eigenvalue weighted by atomic mass is 19.1. The predicted octanol–water partition coefficient (Wildman–Crippen LogP) is 1.97. The molecule has 1 saturated heterocycles. The summed E-state index contributed by atoms with van der Waals surface area (Å²) >= 11 is 0. The van der Waals surface area contributed by atoms with E-state index in [4.69, 9.17) is 4.74 Å². The van der Waals surface area contributed by atoms with Crippen molar-refractivity contribution >= 4 is 23.6 Å². The minimum atomic E-state index is -1.06. The second-order valence-corrected chi connectivity index (χ2v) is 7.65. The zero-order valence-electron chi connectivity index (χ0n) is 14.9. The number of fused-ring (bicyclic) bond motifs is 5. The Labute approximate surface area is 155 Å². The Kier molecular flexibility index (Phi) is 4.32. The first-order valence-corrected chi connectivity index (χ1v) is 9.20. The molecule has 2 aliphatic carbocycles. The van der Waals surface area contributed by atoms with Gasteiger partial charge in [-0.2, -0.15) is 0 Å². The largest absolute Gasteiger partial charge is 0.456 e. The number of likely N-dealkylation sites (tertiary alicyclic amines) is 1. The quantitative estimate of drug-likeness (QED) is 0.448. The molecule has 0 radical (unpaired) electrons. The Morgan fingerprint density at radius 3 is 2.22 bits per heavy atom. The molecule has 0 unspecified atom stereocenters. The normalized spacial score (nSPS) is 29.8. The molecule has 0 N–H and O–H groups in total. The van der Waals surface area contributed by atoms with E-state index in [1.807, 2.05) is 0 Å². The lowest BCUT2D eigenvalue weighted by Crippen LogP contribution is -2.45. The lowest BCUT2D eigenvalue weighted by Gasteiger charge is -2.22. The molecule has 2 amide bonds. The van der Waals surface area contributed by atoms with Crippen molar-refractivity contribution in [3.8, 4) is 0 Å². The minimum absolute atomic E-state index is 0.219. The zero-order valence-corrected chi connectivity index (χ0v) is 14.9. The molecule has 5 atom stereocenters. The van der Waals surface area contributed by atoms with Crippen molar-refractivity contribution in [1.29, 1.82) is 0 Å². The van der Waals surface area contributed by atoms with Crippen LogP contribution in [0, 0.1) is 29.5 Å². The lowest BCUT2D eigenvalue weighted by atomic mass is 9.81. The summed E-state index contributed by atoms with van der Waals surface area (Å²) < 4.78 is 17.9. The summed E-state index contributed by atoms with van der Waals surface area (Å²) in [5.74, 6) is -2.43. The summed E-state index contributed by atoms with van der Waals surface area (Å²) in [6, 6.07) is 3.84. The maximum absolute atomic E-state index is 12.9. The molecule has 142 valence electrons. The van der Waals surface area contributed by atoms with Crippen LogP contribution in [0.2, 0.25) is 0 Å². The van der Waals surface area contributed by atoms with Gasteiger partial charge in [-0.15, -0.1) is 0 Å². The number of ketones is 1. The van der Waals surface area contributed by atoms with Gasteiger partial charge in [-0.3, -0.25) is 19.3 Å². The van der Waals surface area contributed by atoms with E-state index in [2.05, 4.69) is 0 Å². The predicted molar refractivity (Wildman–Crippen MR) is 90.8 cm³/mol. The van der Waals surface area contributed by atoms with Crippen LogP contribution < -0.4 is 0 Å². The minimum Gasteiger partial charge on any atom is -0.456 e. The molecule has 27 heavy (non-hydrogen) atoms. The number of benzene rings is 1. The third-order valence-electron chi connectivity index (χ3n) is 6.20. The number of nitrogens with zero attached hydrogens (tertiary/aromatic N) is 1. The van der Waals surface area contributed by atoms with E-state index in [0.29, 0.717) is 0 Å². The Hall–Kier alpha value is -2.57. The molecular formula is C20H20FNO5. The summed E-state index contributed by atoms with van der Waals surface area (Å²) in [6.45, 7) is 0.923. The van der Waals surface area contributed by atoms with Gasteiger partial charge >= 0.3 is 5.97 Å². The number of carbonyl (C=O) groups is 4. The first-order chi connectivity index (χ1) is 12.9. The number of amides is 2. The summed E-state index contributed by atoms with van der Waals surface area (Å²) in [7, 11) is 0. The van der Waals surface area contributed by atoms with Gasteiger partial charge in [-0.1, -0.05) is 0 Å². The molecule has 6 nitrogen and oxygen atoms in total. The van der Waals surface area contributed by atoms with Crippen molar-refractivity contribution in [3.05, 3.63) is 35.6 Å². The average molecular weight is 373 g/mol. The number of ether oxygens (including phenoxy) is 1. The second-order valence-electron chi connectivity index (χ2n) is 7.65.